The minimum atomic E-state index is 0.823. The van der Waals surface area contributed by atoms with Gasteiger partial charge in [-0.05, 0) is 47.9 Å². The fourth-order valence-corrected chi connectivity index (χ4v) is 2.40. The Hall–Kier alpha value is -2.26. The van der Waals surface area contributed by atoms with E-state index in [1.807, 2.05) is 26.1 Å². The van der Waals surface area contributed by atoms with Crippen LogP contribution in [0, 0.1) is 0 Å². The van der Waals surface area contributed by atoms with Crippen molar-refractivity contribution in [1.29, 1.82) is 0 Å². The molecule has 2 aromatic carbocycles. The first-order valence-corrected chi connectivity index (χ1v) is 7.54. The third kappa shape index (κ3) is 4.37. The fourth-order valence-electron chi connectivity index (χ4n) is 2.40. The molecule has 0 radical (unpaired) electrons. The number of benzene rings is 2. The Kier molecular flexibility index (Phi) is 6.04. The summed E-state index contributed by atoms with van der Waals surface area (Å²) in [6, 6.07) is 14.6. The third-order valence-corrected chi connectivity index (χ3v) is 3.52. The highest BCUT2D eigenvalue weighted by molar-refractivity contribution is 5.67. The molecule has 0 aliphatic carbocycles. The van der Waals surface area contributed by atoms with E-state index in [0.29, 0.717) is 0 Å². The molecule has 2 rings (SSSR count). The van der Waals surface area contributed by atoms with Crippen LogP contribution in [0.4, 0.5) is 5.69 Å². The van der Waals surface area contributed by atoms with Gasteiger partial charge in [0.25, 0.3) is 0 Å². The maximum Gasteiger partial charge on any atom is 0.119 e. The predicted octanol–water partition coefficient (Wildman–Crippen LogP) is 4.06. The first kappa shape index (κ1) is 16.1. The van der Waals surface area contributed by atoms with Gasteiger partial charge in [-0.1, -0.05) is 30.4 Å². The predicted molar refractivity (Wildman–Crippen MR) is 94.2 cm³/mol. The number of rotatable bonds is 7. The second kappa shape index (κ2) is 8.25. The van der Waals surface area contributed by atoms with Gasteiger partial charge in [0.05, 0.1) is 7.11 Å². The summed E-state index contributed by atoms with van der Waals surface area (Å²) in [4.78, 5) is 0. The van der Waals surface area contributed by atoms with Crippen LogP contribution in [0.2, 0.25) is 0 Å². The summed E-state index contributed by atoms with van der Waals surface area (Å²) in [5, 5.41) is 6.69. The van der Waals surface area contributed by atoms with Crippen molar-refractivity contribution in [3.05, 3.63) is 65.2 Å². The van der Waals surface area contributed by atoms with Gasteiger partial charge < -0.3 is 15.4 Å². The number of hydrogen-bond acceptors (Lipinski definition) is 3. The van der Waals surface area contributed by atoms with E-state index in [9.17, 15) is 0 Å². The van der Waals surface area contributed by atoms with E-state index >= 15 is 0 Å². The molecule has 0 fully saturated rings. The lowest BCUT2D eigenvalue weighted by atomic mass is 10.1. The van der Waals surface area contributed by atoms with E-state index < -0.39 is 0 Å². The summed E-state index contributed by atoms with van der Waals surface area (Å²) < 4.78 is 5.25. The molecular formula is C19H24N2O. The van der Waals surface area contributed by atoms with Gasteiger partial charge in [0.1, 0.15) is 5.75 Å². The van der Waals surface area contributed by atoms with Gasteiger partial charge in [-0.15, -0.1) is 0 Å². The number of allylic oxidation sites excluding steroid dienone is 1. The topological polar surface area (TPSA) is 33.3 Å². The minimum absolute atomic E-state index is 0.823. The lowest BCUT2D eigenvalue weighted by Gasteiger charge is -2.10. The van der Waals surface area contributed by atoms with Crippen molar-refractivity contribution < 1.29 is 4.74 Å². The Balaban J connectivity index is 1.97. The van der Waals surface area contributed by atoms with Crippen LogP contribution in [0.3, 0.4) is 0 Å². The minimum Gasteiger partial charge on any atom is -0.497 e. The molecular weight excluding hydrogens is 272 g/mol. The highest BCUT2D eigenvalue weighted by Gasteiger charge is 2.01. The second-order valence-corrected chi connectivity index (χ2v) is 5.13. The summed E-state index contributed by atoms with van der Waals surface area (Å²) in [7, 11) is 3.64. The summed E-state index contributed by atoms with van der Waals surface area (Å²) >= 11 is 0. The van der Waals surface area contributed by atoms with Gasteiger partial charge in [-0.3, -0.25) is 0 Å². The molecule has 0 saturated carbocycles. The molecule has 0 amide bonds. The molecule has 0 spiro atoms. The van der Waals surface area contributed by atoms with Crippen molar-refractivity contribution in [2.75, 3.05) is 19.5 Å². The maximum atomic E-state index is 5.25. The Labute approximate surface area is 133 Å². The van der Waals surface area contributed by atoms with Crippen molar-refractivity contribution >= 4 is 11.8 Å². The van der Waals surface area contributed by atoms with E-state index in [0.717, 1.165) is 24.5 Å². The van der Waals surface area contributed by atoms with E-state index in [1.165, 1.54) is 16.7 Å². The SMILES string of the molecule is C/C=C\c1cc(CNCc2cccc(OC)c2)ccc1NC. The summed E-state index contributed by atoms with van der Waals surface area (Å²) in [6.07, 6.45) is 4.18. The first-order chi connectivity index (χ1) is 10.8. The lowest BCUT2D eigenvalue weighted by Crippen LogP contribution is -2.12. The number of nitrogens with one attached hydrogen (secondary N) is 2. The number of ether oxygens (including phenoxy) is 1. The van der Waals surface area contributed by atoms with Crippen LogP contribution in [0.15, 0.2) is 48.5 Å². The Bertz CT molecular complexity index is 635. The smallest absolute Gasteiger partial charge is 0.119 e. The molecule has 0 unspecified atom stereocenters. The zero-order valence-electron chi connectivity index (χ0n) is 13.5. The number of hydrogen-bond donors (Lipinski definition) is 2. The zero-order valence-corrected chi connectivity index (χ0v) is 13.5. The van der Waals surface area contributed by atoms with Crippen molar-refractivity contribution in [2.24, 2.45) is 0 Å². The third-order valence-electron chi connectivity index (χ3n) is 3.52. The lowest BCUT2D eigenvalue weighted by molar-refractivity contribution is 0.414. The van der Waals surface area contributed by atoms with Gasteiger partial charge in [-0.25, -0.2) is 0 Å². The van der Waals surface area contributed by atoms with Crippen molar-refractivity contribution in [3.63, 3.8) is 0 Å². The molecule has 0 atom stereocenters. The summed E-state index contributed by atoms with van der Waals surface area (Å²) in [5.41, 5.74) is 4.86. The average molecular weight is 296 g/mol. The molecule has 3 heteroatoms. The molecule has 2 aromatic rings. The normalized spacial score (nSPS) is 10.9. The molecule has 0 aromatic heterocycles. The van der Waals surface area contributed by atoms with Crippen LogP contribution in [-0.4, -0.2) is 14.2 Å². The molecule has 0 aliphatic heterocycles. The van der Waals surface area contributed by atoms with E-state index in [1.54, 1.807) is 7.11 Å². The quantitative estimate of drug-likeness (QED) is 0.808. The molecule has 116 valence electrons. The first-order valence-electron chi connectivity index (χ1n) is 7.54. The van der Waals surface area contributed by atoms with Crippen molar-refractivity contribution in [2.45, 2.75) is 20.0 Å². The highest BCUT2D eigenvalue weighted by atomic mass is 16.5. The second-order valence-electron chi connectivity index (χ2n) is 5.13. The van der Waals surface area contributed by atoms with E-state index in [-0.39, 0.29) is 0 Å². The van der Waals surface area contributed by atoms with Crippen LogP contribution in [0.25, 0.3) is 6.08 Å². The zero-order chi connectivity index (χ0) is 15.8. The van der Waals surface area contributed by atoms with Crippen LogP contribution >= 0.6 is 0 Å². The Morgan fingerprint density at radius 2 is 1.82 bits per heavy atom. The number of anilines is 1. The van der Waals surface area contributed by atoms with Gasteiger partial charge in [0.2, 0.25) is 0 Å². The van der Waals surface area contributed by atoms with E-state index in [2.05, 4.69) is 53.1 Å². The van der Waals surface area contributed by atoms with Gasteiger partial charge >= 0.3 is 0 Å². The highest BCUT2D eigenvalue weighted by Crippen LogP contribution is 2.19. The molecule has 0 bridgehead atoms. The Morgan fingerprint density at radius 1 is 1.05 bits per heavy atom. The fraction of sp³-hybridized carbons (Fsp3) is 0.263. The maximum absolute atomic E-state index is 5.25. The van der Waals surface area contributed by atoms with Gasteiger partial charge in [0.15, 0.2) is 0 Å². The van der Waals surface area contributed by atoms with Gasteiger partial charge in [-0.2, -0.15) is 0 Å². The van der Waals surface area contributed by atoms with Gasteiger partial charge in [0, 0.05) is 25.8 Å². The Morgan fingerprint density at radius 3 is 2.50 bits per heavy atom. The van der Waals surface area contributed by atoms with Crippen LogP contribution in [0.5, 0.6) is 5.75 Å². The largest absolute Gasteiger partial charge is 0.497 e. The van der Waals surface area contributed by atoms with Crippen molar-refractivity contribution in [3.8, 4) is 5.75 Å². The summed E-state index contributed by atoms with van der Waals surface area (Å²) in [5.74, 6) is 0.896. The van der Waals surface area contributed by atoms with E-state index in [4.69, 9.17) is 4.74 Å². The molecule has 22 heavy (non-hydrogen) atoms. The van der Waals surface area contributed by atoms with Crippen LogP contribution in [0.1, 0.15) is 23.6 Å². The molecule has 2 N–H and O–H groups in total. The van der Waals surface area contributed by atoms with Crippen LogP contribution in [-0.2, 0) is 13.1 Å². The number of methoxy groups -OCH3 is 1. The van der Waals surface area contributed by atoms with Crippen LogP contribution < -0.4 is 15.4 Å². The molecule has 0 saturated heterocycles. The average Bonchev–Trinajstić information content (AvgIpc) is 2.56. The summed E-state index contributed by atoms with van der Waals surface area (Å²) in [6.45, 7) is 3.70. The standard InChI is InChI=1S/C19H24N2O/c1-4-6-17-11-16(9-10-19(17)20-2)14-21-13-15-7-5-8-18(12-15)22-3/h4-12,20-21H,13-14H2,1-3H3/b6-4-. The molecule has 0 aliphatic rings. The molecule has 0 heterocycles. The monoisotopic (exact) mass is 296 g/mol. The molecule has 3 nitrogen and oxygen atoms in total. The van der Waals surface area contributed by atoms with Crippen molar-refractivity contribution in [1.82, 2.24) is 5.32 Å².